The molecule has 0 N–H and O–H groups in total. The third kappa shape index (κ3) is 1.21. The summed E-state index contributed by atoms with van der Waals surface area (Å²) in [5, 5.41) is 2.50. The molecular formula is C10H9ClN2O. The Morgan fingerprint density at radius 3 is 2.93 bits per heavy atom. The van der Waals surface area contributed by atoms with Crippen molar-refractivity contribution < 1.29 is 4.84 Å². The van der Waals surface area contributed by atoms with Crippen LogP contribution in [0.5, 0.6) is 0 Å². The molecule has 0 unspecified atom stereocenters. The maximum absolute atomic E-state index is 5.76. The van der Waals surface area contributed by atoms with Crippen molar-refractivity contribution in [2.75, 3.05) is 5.06 Å². The number of pyridine rings is 1. The molecule has 1 aromatic rings. The van der Waals surface area contributed by atoms with Crippen LogP contribution >= 0.6 is 11.6 Å². The highest BCUT2D eigenvalue weighted by molar-refractivity contribution is 6.30. The van der Waals surface area contributed by atoms with E-state index < -0.39 is 0 Å². The highest BCUT2D eigenvalue weighted by atomic mass is 35.5. The molecule has 2 aliphatic rings. The Bertz CT molecular complexity index is 376. The van der Waals surface area contributed by atoms with Crippen molar-refractivity contribution in [1.82, 2.24) is 4.98 Å². The Morgan fingerprint density at radius 1 is 1.43 bits per heavy atom. The minimum Gasteiger partial charge on any atom is -0.264 e. The monoisotopic (exact) mass is 208 g/mol. The minimum atomic E-state index is 0.234. The van der Waals surface area contributed by atoms with Gasteiger partial charge in [-0.15, -0.1) is 0 Å². The van der Waals surface area contributed by atoms with Crippen LogP contribution in [-0.4, -0.2) is 17.1 Å². The fourth-order valence-electron chi connectivity index (χ4n) is 1.85. The van der Waals surface area contributed by atoms with E-state index in [1.54, 1.807) is 6.20 Å². The number of halogens is 1. The van der Waals surface area contributed by atoms with Crippen LogP contribution in [-0.2, 0) is 4.84 Å². The molecule has 1 aromatic heterocycles. The Hall–Kier alpha value is -1.06. The molecule has 1 aliphatic carbocycles. The zero-order chi connectivity index (χ0) is 9.54. The number of fused-ring (bicyclic) bond motifs is 2. The summed E-state index contributed by atoms with van der Waals surface area (Å²) in [7, 11) is 0. The SMILES string of the molecule is Clc1ccc(N2O[C@H]3C=C[C@@H]2C3)nc1. The molecule has 0 radical (unpaired) electrons. The normalized spacial score (nSPS) is 28.8. The molecule has 72 valence electrons. The highest BCUT2D eigenvalue weighted by Gasteiger charge is 2.35. The second-order valence-corrected chi connectivity index (χ2v) is 3.93. The van der Waals surface area contributed by atoms with E-state index in [-0.39, 0.29) is 6.10 Å². The molecule has 0 saturated carbocycles. The van der Waals surface area contributed by atoms with E-state index in [0.29, 0.717) is 11.1 Å². The van der Waals surface area contributed by atoms with Crippen molar-refractivity contribution in [3.8, 4) is 0 Å². The van der Waals surface area contributed by atoms with E-state index in [4.69, 9.17) is 16.4 Å². The van der Waals surface area contributed by atoms with Gasteiger partial charge >= 0.3 is 0 Å². The van der Waals surface area contributed by atoms with Gasteiger partial charge in [0.15, 0.2) is 5.82 Å². The molecule has 0 spiro atoms. The Morgan fingerprint density at radius 2 is 2.36 bits per heavy atom. The lowest BCUT2D eigenvalue weighted by Gasteiger charge is -2.23. The van der Waals surface area contributed by atoms with Gasteiger partial charge in [0.2, 0.25) is 0 Å². The molecule has 1 aliphatic heterocycles. The van der Waals surface area contributed by atoms with Crippen molar-refractivity contribution >= 4 is 17.4 Å². The molecule has 4 heteroatoms. The minimum absolute atomic E-state index is 0.234. The van der Waals surface area contributed by atoms with E-state index in [2.05, 4.69) is 17.1 Å². The van der Waals surface area contributed by atoms with Crippen LogP contribution < -0.4 is 5.06 Å². The van der Waals surface area contributed by atoms with Crippen LogP contribution in [0.4, 0.5) is 5.82 Å². The number of nitrogens with zero attached hydrogens (tertiary/aromatic N) is 2. The van der Waals surface area contributed by atoms with Crippen molar-refractivity contribution in [1.29, 1.82) is 0 Å². The standard InChI is InChI=1S/C10H9ClN2O/c11-7-1-4-10(12-6-7)13-8-2-3-9(5-8)14-13/h1-4,6,8-9H,5H2/t8-,9+/m1/s1. The maximum Gasteiger partial charge on any atom is 0.153 e. The summed E-state index contributed by atoms with van der Waals surface area (Å²) < 4.78 is 0. The summed E-state index contributed by atoms with van der Waals surface area (Å²) in [6.45, 7) is 0. The van der Waals surface area contributed by atoms with E-state index in [9.17, 15) is 0 Å². The summed E-state index contributed by atoms with van der Waals surface area (Å²) in [6.07, 6.45) is 7.15. The molecule has 1 fully saturated rings. The summed E-state index contributed by atoms with van der Waals surface area (Å²) in [6, 6.07) is 4.04. The molecule has 1 saturated heterocycles. The molecular weight excluding hydrogens is 200 g/mol. The van der Waals surface area contributed by atoms with Crippen molar-refractivity contribution in [3.05, 3.63) is 35.5 Å². The first-order valence-corrected chi connectivity index (χ1v) is 4.96. The molecule has 2 heterocycles. The second-order valence-electron chi connectivity index (χ2n) is 3.49. The Kier molecular flexibility index (Phi) is 1.75. The fraction of sp³-hybridized carbons (Fsp3) is 0.300. The lowest BCUT2D eigenvalue weighted by Crippen LogP contribution is -2.28. The van der Waals surface area contributed by atoms with Gasteiger partial charge < -0.3 is 0 Å². The first-order valence-electron chi connectivity index (χ1n) is 4.59. The van der Waals surface area contributed by atoms with Crippen molar-refractivity contribution in [3.63, 3.8) is 0 Å². The summed E-state index contributed by atoms with van der Waals surface area (Å²) >= 11 is 5.76. The molecule has 3 nitrogen and oxygen atoms in total. The van der Waals surface area contributed by atoms with Gasteiger partial charge in [-0.05, 0) is 12.1 Å². The van der Waals surface area contributed by atoms with Gasteiger partial charge in [-0.25, -0.2) is 10.0 Å². The van der Waals surface area contributed by atoms with Gasteiger partial charge in [0.1, 0.15) is 6.10 Å². The average molecular weight is 209 g/mol. The van der Waals surface area contributed by atoms with E-state index in [0.717, 1.165) is 12.2 Å². The smallest absolute Gasteiger partial charge is 0.153 e. The summed E-state index contributed by atoms with van der Waals surface area (Å²) in [4.78, 5) is 9.84. The predicted octanol–water partition coefficient (Wildman–Crippen LogP) is 2.18. The molecule has 2 bridgehead atoms. The number of hydroxylamine groups is 1. The molecule has 2 atom stereocenters. The Balaban J connectivity index is 1.90. The van der Waals surface area contributed by atoms with Crippen LogP contribution in [0.2, 0.25) is 5.02 Å². The molecule has 0 amide bonds. The van der Waals surface area contributed by atoms with Gasteiger partial charge in [-0.1, -0.05) is 23.8 Å². The molecule has 14 heavy (non-hydrogen) atoms. The van der Waals surface area contributed by atoms with Crippen LogP contribution in [0.3, 0.4) is 0 Å². The molecule has 0 aromatic carbocycles. The average Bonchev–Trinajstić information content (AvgIpc) is 2.80. The van der Waals surface area contributed by atoms with E-state index in [1.807, 2.05) is 17.2 Å². The predicted molar refractivity (Wildman–Crippen MR) is 54.1 cm³/mol. The van der Waals surface area contributed by atoms with Crippen LogP contribution in [0.1, 0.15) is 6.42 Å². The van der Waals surface area contributed by atoms with Crippen LogP contribution in [0.25, 0.3) is 0 Å². The third-order valence-corrected chi connectivity index (χ3v) is 2.73. The lowest BCUT2D eigenvalue weighted by molar-refractivity contribution is 0.109. The van der Waals surface area contributed by atoms with Crippen LogP contribution in [0.15, 0.2) is 30.5 Å². The number of anilines is 1. The van der Waals surface area contributed by atoms with Gasteiger partial charge in [-0.2, -0.15) is 0 Å². The molecule has 3 rings (SSSR count). The lowest BCUT2D eigenvalue weighted by atomic mass is 10.2. The first-order chi connectivity index (χ1) is 6.83. The highest BCUT2D eigenvalue weighted by Crippen LogP contribution is 2.32. The third-order valence-electron chi connectivity index (χ3n) is 2.51. The Labute approximate surface area is 86.9 Å². The summed E-state index contributed by atoms with van der Waals surface area (Å²) in [5.41, 5.74) is 0. The van der Waals surface area contributed by atoms with E-state index >= 15 is 0 Å². The zero-order valence-corrected chi connectivity index (χ0v) is 8.19. The largest absolute Gasteiger partial charge is 0.264 e. The number of aromatic nitrogens is 1. The topological polar surface area (TPSA) is 25.4 Å². The first kappa shape index (κ1) is 8.26. The van der Waals surface area contributed by atoms with Crippen molar-refractivity contribution in [2.24, 2.45) is 0 Å². The van der Waals surface area contributed by atoms with Gasteiger partial charge in [0, 0.05) is 12.6 Å². The van der Waals surface area contributed by atoms with Crippen LogP contribution in [0, 0.1) is 0 Å². The van der Waals surface area contributed by atoms with Gasteiger partial charge in [-0.3, -0.25) is 4.84 Å². The number of hydrogen-bond acceptors (Lipinski definition) is 3. The fourth-order valence-corrected chi connectivity index (χ4v) is 1.96. The van der Waals surface area contributed by atoms with E-state index in [1.165, 1.54) is 0 Å². The number of hydrogen-bond donors (Lipinski definition) is 0. The van der Waals surface area contributed by atoms with Gasteiger partial charge in [0.05, 0.1) is 11.1 Å². The summed E-state index contributed by atoms with van der Waals surface area (Å²) in [5.74, 6) is 0.825. The quantitative estimate of drug-likeness (QED) is 0.662. The second kappa shape index (κ2) is 2.97. The maximum atomic E-state index is 5.76. The van der Waals surface area contributed by atoms with Gasteiger partial charge in [0.25, 0.3) is 0 Å². The number of rotatable bonds is 1. The van der Waals surface area contributed by atoms with Crippen molar-refractivity contribution in [2.45, 2.75) is 18.6 Å². The zero-order valence-electron chi connectivity index (χ0n) is 7.43.